The van der Waals surface area contributed by atoms with Crippen LogP contribution in [0.3, 0.4) is 0 Å². The number of rotatable bonds is 2. The van der Waals surface area contributed by atoms with Gasteiger partial charge >= 0.3 is 0 Å². The fraction of sp³-hybridized carbons (Fsp3) is 0.125. The molecule has 1 heterocycles. The van der Waals surface area contributed by atoms with Crippen LogP contribution in [-0.2, 0) is 0 Å². The van der Waals surface area contributed by atoms with Crippen molar-refractivity contribution < 1.29 is 0 Å². The van der Waals surface area contributed by atoms with Gasteiger partial charge in [0.2, 0.25) is 0 Å². The number of hydrogen-bond donors (Lipinski definition) is 1. The number of halogens is 2. The topological polar surface area (TPSA) is 60.9 Å². The van der Waals surface area contributed by atoms with Crippen molar-refractivity contribution in [2.45, 2.75) is 13.0 Å². The number of nitrogen functional groups attached to an aromatic ring is 1. The molecule has 0 radical (unpaired) electrons. The molecule has 3 aromatic rings. The maximum absolute atomic E-state index is 12.4. The highest BCUT2D eigenvalue weighted by Crippen LogP contribution is 2.28. The first-order valence-electron chi connectivity index (χ1n) is 6.69. The van der Waals surface area contributed by atoms with Crippen LogP contribution in [0.1, 0.15) is 18.5 Å². The van der Waals surface area contributed by atoms with Crippen molar-refractivity contribution in [2.75, 3.05) is 5.73 Å². The third-order valence-electron chi connectivity index (χ3n) is 3.62. The molecule has 1 atom stereocenters. The molecule has 112 valence electrons. The smallest absolute Gasteiger partial charge is 0.270 e. The van der Waals surface area contributed by atoms with Crippen molar-refractivity contribution in [3.05, 3.63) is 68.0 Å². The van der Waals surface area contributed by atoms with Gasteiger partial charge in [-0.3, -0.25) is 9.36 Å². The van der Waals surface area contributed by atoms with Gasteiger partial charge in [0, 0.05) is 15.2 Å². The number of anilines is 1. The van der Waals surface area contributed by atoms with E-state index in [4.69, 9.17) is 17.3 Å². The van der Waals surface area contributed by atoms with Gasteiger partial charge in [-0.15, -0.1) is 0 Å². The Hall–Kier alpha value is -1.85. The summed E-state index contributed by atoms with van der Waals surface area (Å²) in [6.45, 7) is 1.96. The molecule has 2 N–H and O–H groups in total. The lowest BCUT2D eigenvalue weighted by Crippen LogP contribution is -2.24. The van der Waals surface area contributed by atoms with Crippen LogP contribution in [0, 0.1) is 0 Å². The summed E-state index contributed by atoms with van der Waals surface area (Å²) >= 11 is 9.46. The van der Waals surface area contributed by atoms with Gasteiger partial charge in [-0.25, -0.2) is 4.98 Å². The lowest BCUT2D eigenvalue weighted by atomic mass is 10.1. The zero-order valence-corrected chi connectivity index (χ0v) is 14.1. The number of fused-ring (bicyclic) bond motifs is 1. The van der Waals surface area contributed by atoms with Gasteiger partial charge in [0.25, 0.3) is 5.56 Å². The molecule has 0 aliphatic rings. The molecule has 0 unspecified atom stereocenters. The average Bonchev–Trinajstić information content (AvgIpc) is 2.48. The normalized spacial score (nSPS) is 12.5. The van der Waals surface area contributed by atoms with E-state index in [1.807, 2.05) is 37.3 Å². The molecule has 2 aromatic carbocycles. The quantitative estimate of drug-likeness (QED) is 0.686. The Morgan fingerprint density at radius 3 is 2.82 bits per heavy atom. The Bertz CT molecular complexity index is 923. The van der Waals surface area contributed by atoms with Crippen LogP contribution < -0.4 is 11.3 Å². The van der Waals surface area contributed by atoms with Crippen LogP contribution in [0.25, 0.3) is 11.0 Å². The number of aromatic nitrogens is 2. The fourth-order valence-electron chi connectivity index (χ4n) is 2.48. The molecule has 1 aromatic heterocycles. The van der Waals surface area contributed by atoms with Crippen molar-refractivity contribution in [1.82, 2.24) is 9.55 Å². The van der Waals surface area contributed by atoms with Crippen LogP contribution in [0.5, 0.6) is 0 Å². The highest BCUT2D eigenvalue weighted by Gasteiger charge is 2.14. The SMILES string of the molecule is C[C@@H](c1cccc(Cl)c1)n1c(=O)cnc2cc(N)c(Br)cc21. The molecule has 22 heavy (non-hydrogen) atoms. The Morgan fingerprint density at radius 2 is 2.09 bits per heavy atom. The van der Waals surface area contributed by atoms with Crippen molar-refractivity contribution >= 4 is 44.3 Å². The molecule has 0 spiro atoms. The number of nitrogens with two attached hydrogens (primary N) is 1. The molecular weight excluding hydrogens is 366 g/mol. The average molecular weight is 379 g/mol. The van der Waals surface area contributed by atoms with Crippen molar-refractivity contribution in [3.8, 4) is 0 Å². The van der Waals surface area contributed by atoms with Crippen LogP contribution in [0.15, 0.2) is 51.9 Å². The largest absolute Gasteiger partial charge is 0.398 e. The van der Waals surface area contributed by atoms with Gasteiger partial charge < -0.3 is 5.73 Å². The maximum Gasteiger partial charge on any atom is 0.270 e. The van der Waals surface area contributed by atoms with Crippen molar-refractivity contribution in [1.29, 1.82) is 0 Å². The minimum absolute atomic E-state index is 0.170. The maximum atomic E-state index is 12.4. The van der Waals surface area contributed by atoms with Crippen LogP contribution in [0.4, 0.5) is 5.69 Å². The second-order valence-electron chi connectivity index (χ2n) is 5.06. The van der Waals surface area contributed by atoms with E-state index in [9.17, 15) is 4.79 Å². The predicted octanol–water partition coefficient (Wildman–Crippen LogP) is 4.00. The molecule has 0 aliphatic carbocycles. The predicted molar refractivity (Wildman–Crippen MR) is 93.4 cm³/mol. The van der Waals surface area contributed by atoms with Gasteiger partial charge in [-0.2, -0.15) is 0 Å². The van der Waals surface area contributed by atoms with Crippen LogP contribution >= 0.6 is 27.5 Å². The lowest BCUT2D eigenvalue weighted by Gasteiger charge is -2.18. The zero-order chi connectivity index (χ0) is 15.9. The number of nitrogens with zero attached hydrogens (tertiary/aromatic N) is 2. The molecule has 0 saturated carbocycles. The monoisotopic (exact) mass is 377 g/mol. The van der Waals surface area contributed by atoms with Crippen molar-refractivity contribution in [3.63, 3.8) is 0 Å². The second-order valence-corrected chi connectivity index (χ2v) is 6.35. The third kappa shape index (κ3) is 2.62. The first-order valence-corrected chi connectivity index (χ1v) is 7.86. The van der Waals surface area contributed by atoms with Gasteiger partial charge in [-0.05, 0) is 52.7 Å². The highest BCUT2D eigenvalue weighted by molar-refractivity contribution is 9.10. The van der Waals surface area contributed by atoms with E-state index in [0.717, 1.165) is 15.6 Å². The van der Waals surface area contributed by atoms with E-state index in [1.54, 1.807) is 10.6 Å². The van der Waals surface area contributed by atoms with Crippen molar-refractivity contribution in [2.24, 2.45) is 0 Å². The first-order chi connectivity index (χ1) is 10.5. The Kier molecular flexibility index (Phi) is 3.93. The van der Waals surface area contributed by atoms with E-state index in [-0.39, 0.29) is 11.6 Å². The summed E-state index contributed by atoms with van der Waals surface area (Å²) in [4.78, 5) is 16.5. The Morgan fingerprint density at radius 1 is 1.32 bits per heavy atom. The van der Waals surface area contributed by atoms with Crippen LogP contribution in [0.2, 0.25) is 5.02 Å². The van der Waals surface area contributed by atoms with E-state index in [1.165, 1.54) is 6.20 Å². The molecule has 6 heteroatoms. The van der Waals surface area contributed by atoms with E-state index in [0.29, 0.717) is 16.2 Å². The third-order valence-corrected chi connectivity index (χ3v) is 4.55. The van der Waals surface area contributed by atoms with Gasteiger partial charge in [0.05, 0.1) is 23.3 Å². The number of hydrogen-bond acceptors (Lipinski definition) is 3. The standard InChI is InChI=1S/C16H13BrClN3O/c1-9(10-3-2-4-11(18)5-10)21-15-6-12(17)13(19)7-14(15)20-8-16(21)22/h2-9H,19H2,1H3/t9-/m0/s1. The summed E-state index contributed by atoms with van der Waals surface area (Å²) in [6, 6.07) is 10.9. The van der Waals surface area contributed by atoms with Gasteiger partial charge in [-0.1, -0.05) is 23.7 Å². The van der Waals surface area contributed by atoms with E-state index in [2.05, 4.69) is 20.9 Å². The Balaban J connectivity index is 2.27. The summed E-state index contributed by atoms with van der Waals surface area (Å²) in [6.07, 6.45) is 1.32. The van der Waals surface area contributed by atoms with E-state index >= 15 is 0 Å². The van der Waals surface area contributed by atoms with E-state index < -0.39 is 0 Å². The zero-order valence-electron chi connectivity index (χ0n) is 11.8. The fourth-order valence-corrected chi connectivity index (χ4v) is 3.01. The van der Waals surface area contributed by atoms with Gasteiger partial charge in [0.1, 0.15) is 0 Å². The summed E-state index contributed by atoms with van der Waals surface area (Å²) in [5.74, 6) is 0. The molecule has 0 aliphatic heterocycles. The summed E-state index contributed by atoms with van der Waals surface area (Å²) in [5.41, 5.74) is 8.66. The molecule has 3 rings (SSSR count). The number of benzene rings is 2. The Labute approximate surface area is 140 Å². The summed E-state index contributed by atoms with van der Waals surface area (Å²) in [5, 5.41) is 0.640. The first kappa shape index (κ1) is 15.1. The summed E-state index contributed by atoms with van der Waals surface area (Å²) in [7, 11) is 0. The molecular formula is C16H13BrClN3O. The molecule has 0 saturated heterocycles. The minimum atomic E-state index is -0.174. The summed E-state index contributed by atoms with van der Waals surface area (Å²) < 4.78 is 2.43. The molecule has 0 bridgehead atoms. The second kappa shape index (κ2) is 5.74. The minimum Gasteiger partial charge on any atom is -0.398 e. The lowest BCUT2D eigenvalue weighted by molar-refractivity contribution is 0.635. The van der Waals surface area contributed by atoms with Gasteiger partial charge in [0.15, 0.2) is 0 Å². The molecule has 0 amide bonds. The highest BCUT2D eigenvalue weighted by atomic mass is 79.9. The molecule has 0 fully saturated rings. The van der Waals surface area contributed by atoms with Crippen LogP contribution in [-0.4, -0.2) is 9.55 Å². The molecule has 4 nitrogen and oxygen atoms in total.